The van der Waals surface area contributed by atoms with E-state index in [4.69, 9.17) is 18.9 Å². The van der Waals surface area contributed by atoms with Gasteiger partial charge in [0.1, 0.15) is 11.5 Å². The summed E-state index contributed by atoms with van der Waals surface area (Å²) >= 11 is 0. The second kappa shape index (κ2) is 11.7. The Labute approximate surface area is 188 Å². The van der Waals surface area contributed by atoms with Crippen LogP contribution in [0.2, 0.25) is 0 Å². The van der Waals surface area contributed by atoms with Gasteiger partial charge in [-0.25, -0.2) is 9.78 Å². The Kier molecular flexibility index (Phi) is 8.45. The highest BCUT2D eigenvalue weighted by molar-refractivity contribution is 5.90. The summed E-state index contributed by atoms with van der Waals surface area (Å²) in [7, 11) is 3.23. The van der Waals surface area contributed by atoms with Crippen molar-refractivity contribution in [1.29, 1.82) is 0 Å². The number of rotatable bonds is 11. The van der Waals surface area contributed by atoms with E-state index in [0.29, 0.717) is 37.7 Å². The molecule has 32 heavy (non-hydrogen) atoms. The molecule has 2 aromatic carbocycles. The molecule has 0 N–H and O–H groups in total. The van der Waals surface area contributed by atoms with Gasteiger partial charge >= 0.3 is 5.97 Å². The average molecular weight is 437 g/mol. The van der Waals surface area contributed by atoms with E-state index in [2.05, 4.69) is 4.98 Å². The van der Waals surface area contributed by atoms with E-state index in [9.17, 15) is 4.79 Å². The number of imidazole rings is 1. The Hall–Kier alpha value is -3.58. The van der Waals surface area contributed by atoms with E-state index in [-0.39, 0.29) is 5.97 Å². The molecule has 0 unspecified atom stereocenters. The molecule has 0 bridgehead atoms. The number of hydrogen-bond donors (Lipinski definition) is 0. The monoisotopic (exact) mass is 436 g/mol. The minimum absolute atomic E-state index is 0.323. The molecule has 0 amide bonds. The van der Waals surface area contributed by atoms with Crippen LogP contribution in [0.15, 0.2) is 66.8 Å². The number of methoxy groups -OCH3 is 2. The Bertz CT molecular complexity index is 1030. The summed E-state index contributed by atoms with van der Waals surface area (Å²) in [4.78, 5) is 16.2. The Morgan fingerprint density at radius 2 is 1.91 bits per heavy atom. The molecule has 0 aliphatic carbocycles. The van der Waals surface area contributed by atoms with Crippen molar-refractivity contribution in [3.63, 3.8) is 0 Å². The maximum absolute atomic E-state index is 12.0. The van der Waals surface area contributed by atoms with Crippen LogP contribution in [0, 0.1) is 0 Å². The minimum Gasteiger partial charge on any atom is -0.497 e. The standard InChI is InChI=1S/C25H28N2O5/c1-4-32-25(28)22-8-7-21(24(14-22)30-3)13-20(15-27-12-11-26-18-27)17-31-16-19-5-9-23(29-2)10-6-19/h5-14,18H,4,15-17H2,1-3H3/b20-13+. The van der Waals surface area contributed by atoms with Crippen LogP contribution >= 0.6 is 0 Å². The molecule has 7 nitrogen and oxygen atoms in total. The summed E-state index contributed by atoms with van der Waals surface area (Å²) in [5.41, 5.74) is 3.39. The van der Waals surface area contributed by atoms with Crippen LogP contribution in [0.3, 0.4) is 0 Å². The summed E-state index contributed by atoms with van der Waals surface area (Å²) in [6.45, 7) is 3.62. The van der Waals surface area contributed by atoms with Gasteiger partial charge in [-0.05, 0) is 48.4 Å². The fourth-order valence-corrected chi connectivity index (χ4v) is 3.16. The van der Waals surface area contributed by atoms with Gasteiger partial charge in [-0.2, -0.15) is 0 Å². The molecular formula is C25H28N2O5. The molecule has 0 fully saturated rings. The first kappa shape index (κ1) is 23.1. The van der Waals surface area contributed by atoms with Crippen molar-refractivity contribution in [3.05, 3.63) is 83.4 Å². The highest BCUT2D eigenvalue weighted by Crippen LogP contribution is 2.24. The molecule has 0 saturated heterocycles. The molecule has 0 aliphatic rings. The van der Waals surface area contributed by atoms with Crippen LogP contribution in [0.4, 0.5) is 0 Å². The lowest BCUT2D eigenvalue weighted by molar-refractivity contribution is 0.0526. The summed E-state index contributed by atoms with van der Waals surface area (Å²) in [5, 5.41) is 0. The summed E-state index contributed by atoms with van der Waals surface area (Å²) in [5.74, 6) is 1.03. The lowest BCUT2D eigenvalue weighted by Crippen LogP contribution is -2.07. The van der Waals surface area contributed by atoms with E-state index in [0.717, 1.165) is 22.4 Å². The third kappa shape index (κ3) is 6.46. The number of benzene rings is 2. The third-order valence-corrected chi connectivity index (χ3v) is 4.76. The van der Waals surface area contributed by atoms with Gasteiger partial charge < -0.3 is 23.5 Å². The summed E-state index contributed by atoms with van der Waals surface area (Å²) in [6, 6.07) is 13.1. The number of esters is 1. The fraction of sp³-hybridized carbons (Fsp3) is 0.280. The Morgan fingerprint density at radius 1 is 1.09 bits per heavy atom. The van der Waals surface area contributed by atoms with Crippen LogP contribution in [-0.4, -0.2) is 43.0 Å². The van der Waals surface area contributed by atoms with E-state index >= 15 is 0 Å². The predicted octanol–water partition coefficient (Wildman–Crippen LogP) is 4.38. The molecule has 0 saturated carbocycles. The molecule has 0 radical (unpaired) electrons. The maximum atomic E-state index is 12.0. The second-order valence-electron chi connectivity index (χ2n) is 7.06. The topological polar surface area (TPSA) is 71.8 Å². The first-order valence-electron chi connectivity index (χ1n) is 10.3. The molecule has 3 aromatic rings. The molecule has 3 rings (SSSR count). The molecule has 0 spiro atoms. The largest absolute Gasteiger partial charge is 0.497 e. The first-order valence-corrected chi connectivity index (χ1v) is 10.3. The molecule has 0 aliphatic heterocycles. The molecule has 7 heteroatoms. The number of carbonyl (C=O) groups is 1. The van der Waals surface area contributed by atoms with Crippen molar-refractivity contribution in [3.8, 4) is 11.5 Å². The quantitative estimate of drug-likeness (QED) is 0.416. The van der Waals surface area contributed by atoms with Gasteiger partial charge in [-0.3, -0.25) is 0 Å². The van der Waals surface area contributed by atoms with Crippen LogP contribution < -0.4 is 9.47 Å². The van der Waals surface area contributed by atoms with Crippen molar-refractivity contribution in [2.24, 2.45) is 0 Å². The van der Waals surface area contributed by atoms with Gasteiger partial charge in [0.15, 0.2) is 0 Å². The zero-order chi connectivity index (χ0) is 22.8. The highest BCUT2D eigenvalue weighted by Gasteiger charge is 2.11. The lowest BCUT2D eigenvalue weighted by Gasteiger charge is -2.13. The van der Waals surface area contributed by atoms with Gasteiger partial charge in [0.2, 0.25) is 0 Å². The lowest BCUT2D eigenvalue weighted by atomic mass is 10.1. The van der Waals surface area contributed by atoms with Gasteiger partial charge in [-0.15, -0.1) is 0 Å². The van der Waals surface area contributed by atoms with Crippen LogP contribution in [-0.2, 0) is 22.6 Å². The second-order valence-corrected chi connectivity index (χ2v) is 7.06. The van der Waals surface area contributed by atoms with Crippen molar-refractivity contribution in [2.45, 2.75) is 20.1 Å². The molecule has 0 atom stereocenters. The molecule has 168 valence electrons. The zero-order valence-electron chi connectivity index (χ0n) is 18.6. The Balaban J connectivity index is 1.77. The molecule has 1 heterocycles. The number of hydrogen-bond acceptors (Lipinski definition) is 6. The number of nitrogens with zero attached hydrogens (tertiary/aromatic N) is 2. The zero-order valence-corrected chi connectivity index (χ0v) is 18.6. The third-order valence-electron chi connectivity index (χ3n) is 4.76. The first-order chi connectivity index (χ1) is 15.6. The van der Waals surface area contributed by atoms with Crippen LogP contribution in [0.25, 0.3) is 6.08 Å². The maximum Gasteiger partial charge on any atom is 0.338 e. The summed E-state index contributed by atoms with van der Waals surface area (Å²) in [6.07, 6.45) is 7.42. The van der Waals surface area contributed by atoms with Gasteiger partial charge in [0.25, 0.3) is 0 Å². The number of ether oxygens (including phenoxy) is 4. The van der Waals surface area contributed by atoms with Crippen molar-refractivity contribution in [1.82, 2.24) is 9.55 Å². The normalized spacial score (nSPS) is 11.3. The van der Waals surface area contributed by atoms with Crippen LogP contribution in [0.5, 0.6) is 11.5 Å². The van der Waals surface area contributed by atoms with E-state index in [1.165, 1.54) is 0 Å². The predicted molar refractivity (Wildman–Crippen MR) is 122 cm³/mol. The Morgan fingerprint density at radius 3 is 2.56 bits per heavy atom. The smallest absolute Gasteiger partial charge is 0.338 e. The highest BCUT2D eigenvalue weighted by atomic mass is 16.5. The SMILES string of the molecule is CCOC(=O)c1ccc(/C=C(/COCc2ccc(OC)cc2)Cn2ccnc2)c(OC)c1. The van der Waals surface area contributed by atoms with E-state index in [1.807, 2.05) is 47.2 Å². The van der Waals surface area contributed by atoms with Crippen molar-refractivity contribution in [2.75, 3.05) is 27.4 Å². The summed E-state index contributed by atoms with van der Waals surface area (Å²) < 4.78 is 23.8. The number of aromatic nitrogens is 2. The van der Waals surface area contributed by atoms with Gasteiger partial charge in [0.05, 0.1) is 45.9 Å². The van der Waals surface area contributed by atoms with Crippen molar-refractivity contribution >= 4 is 12.0 Å². The molecule has 1 aromatic heterocycles. The minimum atomic E-state index is -0.372. The fourth-order valence-electron chi connectivity index (χ4n) is 3.16. The molecular weight excluding hydrogens is 408 g/mol. The van der Waals surface area contributed by atoms with Crippen molar-refractivity contribution < 1.29 is 23.7 Å². The van der Waals surface area contributed by atoms with Gasteiger partial charge in [-0.1, -0.05) is 18.2 Å². The van der Waals surface area contributed by atoms with E-state index < -0.39 is 0 Å². The average Bonchev–Trinajstić information content (AvgIpc) is 3.33. The number of carbonyl (C=O) groups excluding carboxylic acids is 1. The van der Waals surface area contributed by atoms with Gasteiger partial charge in [0, 0.05) is 24.5 Å². The van der Waals surface area contributed by atoms with E-state index in [1.54, 1.807) is 45.8 Å². The van der Waals surface area contributed by atoms with Crippen LogP contribution in [0.1, 0.15) is 28.4 Å².